The molecule has 5 heteroatoms. The molecule has 0 aromatic heterocycles. The van der Waals surface area contributed by atoms with Crippen LogP contribution in [0.3, 0.4) is 0 Å². The Morgan fingerprint density at radius 3 is 2.63 bits per heavy atom. The SMILES string of the molecule is CN=C(NCCN1c2ccccc2CC1C)NCC(CO)c1ccccc1. The molecular formula is C22H30N4O. The average Bonchev–Trinajstić information content (AvgIpc) is 3.03. The van der Waals surface area contributed by atoms with Gasteiger partial charge in [0.1, 0.15) is 0 Å². The summed E-state index contributed by atoms with van der Waals surface area (Å²) in [4.78, 5) is 6.76. The molecule has 3 rings (SSSR count). The number of aliphatic hydroxyl groups excluding tert-OH is 1. The zero-order valence-electron chi connectivity index (χ0n) is 16.2. The van der Waals surface area contributed by atoms with E-state index >= 15 is 0 Å². The number of para-hydroxylation sites is 1. The number of aliphatic imine (C=N–C) groups is 1. The maximum absolute atomic E-state index is 9.70. The predicted octanol–water partition coefficient (Wildman–Crippen LogP) is 2.38. The highest BCUT2D eigenvalue weighted by atomic mass is 16.3. The fraction of sp³-hybridized carbons (Fsp3) is 0.409. The van der Waals surface area contributed by atoms with Gasteiger partial charge in [0.05, 0.1) is 6.61 Å². The van der Waals surface area contributed by atoms with Crippen molar-refractivity contribution < 1.29 is 5.11 Å². The molecular weight excluding hydrogens is 336 g/mol. The highest BCUT2D eigenvalue weighted by Crippen LogP contribution is 2.31. The average molecular weight is 367 g/mol. The van der Waals surface area contributed by atoms with Crippen LogP contribution in [0.5, 0.6) is 0 Å². The number of hydrogen-bond donors (Lipinski definition) is 3. The Bertz CT molecular complexity index is 747. The Labute approximate surface area is 162 Å². The summed E-state index contributed by atoms with van der Waals surface area (Å²) in [5.41, 5.74) is 3.91. The van der Waals surface area contributed by atoms with E-state index in [0.29, 0.717) is 12.6 Å². The molecule has 0 spiro atoms. The van der Waals surface area contributed by atoms with Gasteiger partial charge in [-0.15, -0.1) is 0 Å². The summed E-state index contributed by atoms with van der Waals surface area (Å²) in [6, 6.07) is 19.3. The van der Waals surface area contributed by atoms with E-state index in [4.69, 9.17) is 0 Å². The summed E-state index contributed by atoms with van der Waals surface area (Å²) in [5, 5.41) is 16.4. The Hall–Kier alpha value is -2.53. The third-order valence-electron chi connectivity index (χ3n) is 5.22. The van der Waals surface area contributed by atoms with Crippen LogP contribution >= 0.6 is 0 Å². The fourth-order valence-corrected chi connectivity index (χ4v) is 3.72. The van der Waals surface area contributed by atoms with Gasteiger partial charge in [-0.2, -0.15) is 0 Å². The number of nitrogens with zero attached hydrogens (tertiary/aromatic N) is 2. The third kappa shape index (κ3) is 4.80. The molecule has 0 saturated heterocycles. The molecule has 3 N–H and O–H groups in total. The van der Waals surface area contributed by atoms with Crippen molar-refractivity contribution in [2.45, 2.75) is 25.3 Å². The Balaban J connectivity index is 1.48. The minimum Gasteiger partial charge on any atom is -0.396 e. The highest BCUT2D eigenvalue weighted by molar-refractivity contribution is 5.79. The minimum atomic E-state index is 0.0511. The van der Waals surface area contributed by atoms with Gasteiger partial charge < -0.3 is 20.6 Å². The van der Waals surface area contributed by atoms with Crippen molar-refractivity contribution in [1.29, 1.82) is 0 Å². The number of anilines is 1. The lowest BCUT2D eigenvalue weighted by atomic mass is 10.0. The maximum Gasteiger partial charge on any atom is 0.191 e. The quantitative estimate of drug-likeness (QED) is 0.520. The largest absolute Gasteiger partial charge is 0.396 e. The smallest absolute Gasteiger partial charge is 0.191 e. The van der Waals surface area contributed by atoms with E-state index in [1.54, 1.807) is 7.05 Å². The molecule has 144 valence electrons. The van der Waals surface area contributed by atoms with Gasteiger partial charge in [0.15, 0.2) is 5.96 Å². The van der Waals surface area contributed by atoms with Gasteiger partial charge in [-0.3, -0.25) is 4.99 Å². The summed E-state index contributed by atoms with van der Waals surface area (Å²) >= 11 is 0. The van der Waals surface area contributed by atoms with E-state index < -0.39 is 0 Å². The summed E-state index contributed by atoms with van der Waals surface area (Å²) in [6.07, 6.45) is 1.11. The maximum atomic E-state index is 9.70. The fourth-order valence-electron chi connectivity index (χ4n) is 3.72. The van der Waals surface area contributed by atoms with Crippen molar-refractivity contribution in [3.8, 4) is 0 Å². The van der Waals surface area contributed by atoms with Crippen molar-refractivity contribution in [1.82, 2.24) is 10.6 Å². The van der Waals surface area contributed by atoms with Gasteiger partial charge in [0.25, 0.3) is 0 Å². The van der Waals surface area contributed by atoms with Crippen molar-refractivity contribution >= 4 is 11.6 Å². The monoisotopic (exact) mass is 366 g/mol. The van der Waals surface area contributed by atoms with Crippen molar-refractivity contribution in [3.63, 3.8) is 0 Å². The van der Waals surface area contributed by atoms with E-state index in [2.05, 4.69) is 51.7 Å². The van der Waals surface area contributed by atoms with Crippen molar-refractivity contribution in [3.05, 3.63) is 65.7 Å². The number of rotatable bonds is 7. The second kappa shape index (κ2) is 9.42. The Morgan fingerprint density at radius 1 is 1.15 bits per heavy atom. The Kier molecular flexibility index (Phi) is 6.71. The second-order valence-electron chi connectivity index (χ2n) is 7.05. The van der Waals surface area contributed by atoms with Crippen LogP contribution in [0, 0.1) is 0 Å². The molecule has 0 bridgehead atoms. The molecule has 0 saturated carbocycles. The molecule has 2 unspecified atom stereocenters. The highest BCUT2D eigenvalue weighted by Gasteiger charge is 2.24. The molecule has 2 atom stereocenters. The normalized spacial score (nSPS) is 17.5. The van der Waals surface area contributed by atoms with Crippen molar-refractivity contribution in [2.24, 2.45) is 4.99 Å². The minimum absolute atomic E-state index is 0.0511. The summed E-state index contributed by atoms with van der Waals surface area (Å²) in [6.45, 7) is 4.77. The van der Waals surface area contributed by atoms with E-state index in [1.807, 2.05) is 30.3 Å². The predicted molar refractivity (Wildman–Crippen MR) is 113 cm³/mol. The summed E-state index contributed by atoms with van der Waals surface area (Å²) < 4.78 is 0. The van der Waals surface area contributed by atoms with Gasteiger partial charge in [0, 0.05) is 44.3 Å². The Morgan fingerprint density at radius 2 is 1.89 bits per heavy atom. The van der Waals surface area contributed by atoms with Crippen LogP contribution in [0.4, 0.5) is 5.69 Å². The molecule has 2 aromatic carbocycles. The topological polar surface area (TPSA) is 59.9 Å². The van der Waals surface area contributed by atoms with Gasteiger partial charge in [0.2, 0.25) is 0 Å². The van der Waals surface area contributed by atoms with Gasteiger partial charge in [-0.25, -0.2) is 0 Å². The van der Waals surface area contributed by atoms with Crippen LogP contribution in [0.1, 0.15) is 24.0 Å². The zero-order valence-corrected chi connectivity index (χ0v) is 16.2. The molecule has 1 heterocycles. The van der Waals surface area contributed by atoms with E-state index in [1.165, 1.54) is 11.3 Å². The van der Waals surface area contributed by atoms with Gasteiger partial charge in [-0.1, -0.05) is 48.5 Å². The third-order valence-corrected chi connectivity index (χ3v) is 5.22. The molecule has 0 aliphatic carbocycles. The van der Waals surface area contributed by atoms with Gasteiger partial charge in [-0.05, 0) is 30.5 Å². The first-order chi connectivity index (χ1) is 13.2. The molecule has 1 aliphatic rings. The molecule has 0 fully saturated rings. The molecule has 0 amide bonds. The van der Waals surface area contributed by atoms with Crippen molar-refractivity contribution in [2.75, 3.05) is 38.2 Å². The standard InChI is InChI=1S/C22H30N4O/c1-17-14-19-10-6-7-11-21(19)26(17)13-12-24-22(23-2)25-15-20(16-27)18-8-4-3-5-9-18/h3-11,17,20,27H,12-16H2,1-2H3,(H2,23,24,25). The van der Waals surface area contributed by atoms with Crippen LogP contribution in [-0.2, 0) is 6.42 Å². The van der Waals surface area contributed by atoms with Gasteiger partial charge >= 0.3 is 0 Å². The number of nitrogens with one attached hydrogen (secondary N) is 2. The molecule has 2 aromatic rings. The van der Waals surface area contributed by atoms with Crippen LogP contribution in [0.15, 0.2) is 59.6 Å². The van der Waals surface area contributed by atoms with Crippen LogP contribution < -0.4 is 15.5 Å². The molecule has 1 aliphatic heterocycles. The molecule has 5 nitrogen and oxygen atoms in total. The first kappa shape index (κ1) is 19.2. The first-order valence-corrected chi connectivity index (χ1v) is 9.67. The first-order valence-electron chi connectivity index (χ1n) is 9.67. The summed E-state index contributed by atoms with van der Waals surface area (Å²) in [7, 11) is 1.78. The zero-order chi connectivity index (χ0) is 19.1. The van der Waals surface area contributed by atoms with Crippen LogP contribution in [0.2, 0.25) is 0 Å². The van der Waals surface area contributed by atoms with Crippen LogP contribution in [-0.4, -0.2) is 50.4 Å². The van der Waals surface area contributed by atoms with E-state index in [9.17, 15) is 5.11 Å². The number of fused-ring (bicyclic) bond motifs is 1. The lowest BCUT2D eigenvalue weighted by Crippen LogP contribution is -2.44. The molecule has 0 radical (unpaired) electrons. The summed E-state index contributed by atoms with van der Waals surface area (Å²) in [5.74, 6) is 0.819. The lowest BCUT2D eigenvalue weighted by molar-refractivity contribution is 0.265. The van der Waals surface area contributed by atoms with E-state index in [0.717, 1.165) is 31.0 Å². The number of hydrogen-bond acceptors (Lipinski definition) is 3. The van der Waals surface area contributed by atoms with E-state index in [-0.39, 0.29) is 12.5 Å². The van der Waals surface area contributed by atoms with Crippen LogP contribution in [0.25, 0.3) is 0 Å². The molecule has 27 heavy (non-hydrogen) atoms. The lowest BCUT2D eigenvalue weighted by Gasteiger charge is -2.25. The number of guanidine groups is 1. The second-order valence-corrected chi connectivity index (χ2v) is 7.05. The number of benzene rings is 2. The number of aliphatic hydroxyl groups is 1.